The number of aliphatic hydroxyl groups excluding tert-OH is 1. The third-order valence-electron chi connectivity index (χ3n) is 5.40. The number of rotatable bonds is 7. The number of hydrogen-bond acceptors (Lipinski definition) is 3. The van der Waals surface area contributed by atoms with Crippen molar-refractivity contribution < 1.29 is 9.90 Å². The van der Waals surface area contributed by atoms with Crippen LogP contribution in [0, 0.1) is 5.92 Å². The summed E-state index contributed by atoms with van der Waals surface area (Å²) in [5, 5.41) is 9.20. The molecule has 21 heavy (non-hydrogen) atoms. The van der Waals surface area contributed by atoms with E-state index in [1.807, 2.05) is 0 Å². The topological polar surface area (TPSA) is 43.8 Å². The molecule has 4 heteroatoms. The molecule has 0 aliphatic heterocycles. The van der Waals surface area contributed by atoms with Crippen molar-refractivity contribution in [3.05, 3.63) is 0 Å². The molecule has 3 aliphatic carbocycles. The molecule has 3 saturated carbocycles. The van der Waals surface area contributed by atoms with Gasteiger partial charge in [0.2, 0.25) is 5.91 Å². The Morgan fingerprint density at radius 1 is 0.952 bits per heavy atom. The van der Waals surface area contributed by atoms with Crippen LogP contribution >= 0.6 is 0 Å². The van der Waals surface area contributed by atoms with Crippen LogP contribution in [0.3, 0.4) is 0 Å². The van der Waals surface area contributed by atoms with E-state index in [1.54, 1.807) is 0 Å². The Morgan fingerprint density at radius 3 is 1.95 bits per heavy atom. The van der Waals surface area contributed by atoms with E-state index < -0.39 is 0 Å². The molecular formula is C17H30N2O2. The van der Waals surface area contributed by atoms with E-state index in [1.165, 1.54) is 51.4 Å². The van der Waals surface area contributed by atoms with Crippen molar-refractivity contribution >= 4 is 5.91 Å². The van der Waals surface area contributed by atoms with Crippen LogP contribution in [0.25, 0.3) is 0 Å². The zero-order valence-corrected chi connectivity index (χ0v) is 13.3. The molecule has 0 saturated heterocycles. The van der Waals surface area contributed by atoms with Crippen LogP contribution in [-0.4, -0.2) is 58.6 Å². The van der Waals surface area contributed by atoms with E-state index in [4.69, 9.17) is 0 Å². The highest BCUT2D eigenvalue weighted by Gasteiger charge is 2.40. The molecule has 120 valence electrons. The third kappa shape index (κ3) is 3.98. The number of carbonyl (C=O) groups excluding carboxylic acids is 1. The van der Waals surface area contributed by atoms with Gasteiger partial charge in [0.25, 0.3) is 0 Å². The van der Waals surface area contributed by atoms with Crippen LogP contribution in [0.15, 0.2) is 0 Å². The van der Waals surface area contributed by atoms with Crippen molar-refractivity contribution in [3.8, 4) is 0 Å². The zero-order chi connectivity index (χ0) is 14.8. The second-order valence-electron chi connectivity index (χ2n) is 7.37. The Hall–Kier alpha value is -0.610. The van der Waals surface area contributed by atoms with Gasteiger partial charge in [-0.15, -0.1) is 0 Å². The number of hydrogen-bond donors (Lipinski definition) is 1. The van der Waals surface area contributed by atoms with Crippen LogP contribution in [0.1, 0.15) is 58.3 Å². The fourth-order valence-electron chi connectivity index (χ4n) is 3.79. The first-order chi connectivity index (χ1) is 10.2. The molecule has 4 nitrogen and oxygen atoms in total. The van der Waals surface area contributed by atoms with Crippen molar-refractivity contribution in [1.29, 1.82) is 0 Å². The Morgan fingerprint density at radius 2 is 1.48 bits per heavy atom. The van der Waals surface area contributed by atoms with Gasteiger partial charge in [-0.2, -0.15) is 0 Å². The minimum Gasteiger partial charge on any atom is -0.395 e. The van der Waals surface area contributed by atoms with Crippen molar-refractivity contribution in [2.24, 2.45) is 5.92 Å². The molecule has 0 aromatic rings. The van der Waals surface area contributed by atoms with Gasteiger partial charge in [0.05, 0.1) is 13.2 Å². The number of amides is 1. The minimum atomic E-state index is 0.161. The quantitative estimate of drug-likeness (QED) is 0.781. The van der Waals surface area contributed by atoms with E-state index >= 15 is 0 Å². The summed E-state index contributed by atoms with van der Waals surface area (Å²) in [5.41, 5.74) is 0. The molecule has 0 atom stereocenters. The van der Waals surface area contributed by atoms with Crippen LogP contribution < -0.4 is 0 Å². The lowest BCUT2D eigenvalue weighted by Gasteiger charge is -2.37. The monoisotopic (exact) mass is 294 g/mol. The van der Waals surface area contributed by atoms with E-state index in [2.05, 4.69) is 16.7 Å². The van der Waals surface area contributed by atoms with Gasteiger partial charge in [-0.25, -0.2) is 0 Å². The molecule has 1 N–H and O–H groups in total. The average molecular weight is 294 g/mol. The maximum absolute atomic E-state index is 12.8. The number of nitrogens with zero attached hydrogens (tertiary/aromatic N) is 2. The van der Waals surface area contributed by atoms with Crippen LogP contribution in [0.5, 0.6) is 0 Å². The van der Waals surface area contributed by atoms with E-state index in [9.17, 15) is 9.90 Å². The molecule has 3 fully saturated rings. The van der Waals surface area contributed by atoms with Crippen LogP contribution in [0.2, 0.25) is 0 Å². The first kappa shape index (κ1) is 15.3. The zero-order valence-electron chi connectivity index (χ0n) is 13.3. The van der Waals surface area contributed by atoms with Gasteiger partial charge >= 0.3 is 0 Å². The summed E-state index contributed by atoms with van der Waals surface area (Å²) in [6.45, 7) is 3.66. The Labute approximate surface area is 128 Å². The lowest BCUT2D eigenvalue weighted by atomic mass is 9.86. The van der Waals surface area contributed by atoms with Crippen molar-refractivity contribution in [1.82, 2.24) is 9.80 Å². The predicted molar refractivity (Wildman–Crippen MR) is 83.0 cm³/mol. The molecule has 3 rings (SSSR count). The van der Waals surface area contributed by atoms with Gasteiger partial charge in [-0.3, -0.25) is 9.69 Å². The standard InChI is InChI=1S/C17H30N2O2/c1-13-2-4-15(5-3-13)19(16-8-9-16)17(21)12-18(10-11-20)14-6-7-14/h13-16,20H,2-12H2,1H3. The third-order valence-corrected chi connectivity index (χ3v) is 5.40. The lowest BCUT2D eigenvalue weighted by Crippen LogP contribution is -2.48. The van der Waals surface area contributed by atoms with Crippen molar-refractivity contribution in [2.45, 2.75) is 76.4 Å². The molecule has 0 unspecified atom stereocenters. The molecule has 0 heterocycles. The Balaban J connectivity index is 1.59. The Bertz CT molecular complexity index is 358. The average Bonchev–Trinajstić information content (AvgIpc) is 3.34. The summed E-state index contributed by atoms with van der Waals surface area (Å²) in [6, 6.07) is 1.55. The molecule has 0 bridgehead atoms. The van der Waals surface area contributed by atoms with Gasteiger partial charge in [0.15, 0.2) is 0 Å². The normalized spacial score (nSPS) is 29.7. The van der Waals surface area contributed by atoms with Crippen LogP contribution in [0.4, 0.5) is 0 Å². The molecule has 0 aromatic carbocycles. The van der Waals surface area contributed by atoms with Gasteiger partial charge in [-0.05, 0) is 57.3 Å². The SMILES string of the molecule is CC1CCC(N(C(=O)CN(CCO)C2CC2)C2CC2)CC1. The number of aliphatic hydroxyl groups is 1. The summed E-state index contributed by atoms with van der Waals surface area (Å²) < 4.78 is 0. The molecule has 0 radical (unpaired) electrons. The summed E-state index contributed by atoms with van der Waals surface area (Å²) in [4.78, 5) is 17.3. The highest BCUT2D eigenvalue weighted by atomic mass is 16.3. The predicted octanol–water partition coefficient (Wildman–Crippen LogP) is 2.01. The highest BCUT2D eigenvalue weighted by molar-refractivity contribution is 5.79. The smallest absolute Gasteiger partial charge is 0.237 e. The molecular weight excluding hydrogens is 264 g/mol. The lowest BCUT2D eigenvalue weighted by molar-refractivity contribution is -0.136. The Kier molecular flexibility index (Phi) is 4.85. The first-order valence-electron chi connectivity index (χ1n) is 8.85. The summed E-state index contributed by atoms with van der Waals surface area (Å²) >= 11 is 0. The van der Waals surface area contributed by atoms with E-state index in [0.717, 1.165) is 5.92 Å². The summed E-state index contributed by atoms with van der Waals surface area (Å²) in [6.07, 6.45) is 9.69. The fraction of sp³-hybridized carbons (Fsp3) is 0.941. The second kappa shape index (κ2) is 6.66. The summed E-state index contributed by atoms with van der Waals surface area (Å²) in [5.74, 6) is 1.15. The van der Waals surface area contributed by atoms with Gasteiger partial charge in [0, 0.05) is 24.7 Å². The molecule has 0 aromatic heterocycles. The second-order valence-corrected chi connectivity index (χ2v) is 7.37. The fourth-order valence-corrected chi connectivity index (χ4v) is 3.79. The van der Waals surface area contributed by atoms with Crippen molar-refractivity contribution in [3.63, 3.8) is 0 Å². The summed E-state index contributed by atoms with van der Waals surface area (Å²) in [7, 11) is 0. The highest BCUT2D eigenvalue weighted by Crippen LogP contribution is 2.36. The maximum Gasteiger partial charge on any atom is 0.237 e. The number of carbonyl (C=O) groups is 1. The van der Waals surface area contributed by atoms with E-state index in [0.29, 0.717) is 37.1 Å². The largest absolute Gasteiger partial charge is 0.395 e. The van der Waals surface area contributed by atoms with Gasteiger partial charge in [0.1, 0.15) is 0 Å². The maximum atomic E-state index is 12.8. The van der Waals surface area contributed by atoms with Gasteiger partial charge < -0.3 is 10.0 Å². The van der Waals surface area contributed by atoms with Gasteiger partial charge in [-0.1, -0.05) is 6.92 Å². The van der Waals surface area contributed by atoms with Crippen molar-refractivity contribution in [2.75, 3.05) is 19.7 Å². The van der Waals surface area contributed by atoms with Crippen LogP contribution in [-0.2, 0) is 4.79 Å². The molecule has 1 amide bonds. The first-order valence-corrected chi connectivity index (χ1v) is 8.85. The van der Waals surface area contributed by atoms with E-state index in [-0.39, 0.29) is 6.61 Å². The minimum absolute atomic E-state index is 0.161. The molecule has 0 spiro atoms. The molecule has 3 aliphatic rings.